The van der Waals surface area contributed by atoms with Gasteiger partial charge in [-0.15, -0.1) is 0 Å². The fourth-order valence-corrected chi connectivity index (χ4v) is 1.60. The molecule has 1 aromatic carbocycles. The third kappa shape index (κ3) is 2.52. The van der Waals surface area contributed by atoms with Gasteiger partial charge >= 0.3 is 0 Å². The third-order valence-corrected chi connectivity index (χ3v) is 2.48. The van der Waals surface area contributed by atoms with Crippen LogP contribution in [-0.2, 0) is 4.74 Å². The highest BCUT2D eigenvalue weighted by atomic mass is 19.1. The smallest absolute Gasteiger partial charge is 0.191 e. The number of hydrogen-bond donors (Lipinski definition) is 2. The predicted octanol–water partition coefficient (Wildman–Crippen LogP) is 1.42. The second-order valence-electron chi connectivity index (χ2n) is 3.79. The minimum atomic E-state index is -0.859. The highest BCUT2D eigenvalue weighted by Crippen LogP contribution is 2.25. The summed E-state index contributed by atoms with van der Waals surface area (Å²) in [5, 5.41) is 7.11. The van der Waals surface area contributed by atoms with Gasteiger partial charge in [-0.05, 0) is 12.1 Å². The molecule has 0 bridgehead atoms. The first-order valence-electron chi connectivity index (χ1n) is 5.16. The number of benzene rings is 1. The summed E-state index contributed by atoms with van der Waals surface area (Å²) >= 11 is 0. The van der Waals surface area contributed by atoms with Crippen molar-refractivity contribution in [3.05, 3.63) is 29.3 Å². The lowest BCUT2D eigenvalue weighted by molar-refractivity contribution is 0.134. The van der Waals surface area contributed by atoms with Gasteiger partial charge in [0.05, 0.1) is 13.2 Å². The number of nitrogen functional groups attached to an aromatic ring is 1. The van der Waals surface area contributed by atoms with Gasteiger partial charge in [0, 0.05) is 12.0 Å². The van der Waals surface area contributed by atoms with Crippen LogP contribution in [0, 0.1) is 17.0 Å². The Kier molecular flexibility index (Phi) is 3.23. The molecule has 2 rings (SSSR count). The Bertz CT molecular complexity index is 422. The number of nitrogens with two attached hydrogens (primary N) is 1. The molecule has 1 aromatic rings. The molecular weight excluding hydrogens is 230 g/mol. The van der Waals surface area contributed by atoms with Crippen LogP contribution in [0.2, 0.25) is 0 Å². The molecule has 0 radical (unpaired) electrons. The van der Waals surface area contributed by atoms with Crippen LogP contribution in [0.15, 0.2) is 12.1 Å². The van der Waals surface area contributed by atoms with Crippen LogP contribution in [0.1, 0.15) is 12.0 Å². The fourth-order valence-electron chi connectivity index (χ4n) is 1.60. The predicted molar refractivity (Wildman–Crippen MR) is 57.2 cm³/mol. The Hall–Kier alpha value is -1.69. The van der Waals surface area contributed by atoms with Gasteiger partial charge in [0.1, 0.15) is 11.9 Å². The lowest BCUT2D eigenvalue weighted by Crippen LogP contribution is -2.18. The molecule has 17 heavy (non-hydrogen) atoms. The van der Waals surface area contributed by atoms with Crippen molar-refractivity contribution in [3.8, 4) is 5.75 Å². The van der Waals surface area contributed by atoms with Gasteiger partial charge < -0.3 is 15.2 Å². The average Bonchev–Trinajstić information content (AvgIpc) is 2.75. The first-order chi connectivity index (χ1) is 8.08. The van der Waals surface area contributed by atoms with E-state index < -0.39 is 23.2 Å². The van der Waals surface area contributed by atoms with E-state index in [2.05, 4.69) is 0 Å². The Morgan fingerprint density at radius 3 is 2.53 bits per heavy atom. The number of amidine groups is 1. The second-order valence-corrected chi connectivity index (χ2v) is 3.79. The summed E-state index contributed by atoms with van der Waals surface area (Å²) in [4.78, 5) is 0. The zero-order valence-corrected chi connectivity index (χ0v) is 9.00. The van der Waals surface area contributed by atoms with Gasteiger partial charge in [0.25, 0.3) is 0 Å². The molecule has 1 atom stereocenters. The van der Waals surface area contributed by atoms with Crippen molar-refractivity contribution < 1.29 is 18.3 Å². The van der Waals surface area contributed by atoms with Crippen molar-refractivity contribution >= 4 is 5.84 Å². The summed E-state index contributed by atoms with van der Waals surface area (Å²) in [6.45, 7) is 0.854. The summed E-state index contributed by atoms with van der Waals surface area (Å²) in [7, 11) is 0. The molecule has 1 saturated heterocycles. The Morgan fingerprint density at radius 1 is 1.41 bits per heavy atom. The minimum Gasteiger partial charge on any atom is -0.482 e. The molecule has 0 aromatic heterocycles. The monoisotopic (exact) mass is 242 g/mol. The van der Waals surface area contributed by atoms with Gasteiger partial charge in [0.2, 0.25) is 0 Å². The van der Waals surface area contributed by atoms with E-state index in [4.69, 9.17) is 20.6 Å². The SMILES string of the molecule is N=C(N)c1cc(F)c(OC2CCOC2)c(F)c1. The van der Waals surface area contributed by atoms with Crippen molar-refractivity contribution in [3.63, 3.8) is 0 Å². The molecule has 0 saturated carbocycles. The van der Waals surface area contributed by atoms with Crippen molar-refractivity contribution in [2.45, 2.75) is 12.5 Å². The second kappa shape index (κ2) is 4.67. The van der Waals surface area contributed by atoms with E-state index in [1.165, 1.54) is 0 Å². The average molecular weight is 242 g/mol. The van der Waals surface area contributed by atoms with Crippen molar-refractivity contribution in [1.82, 2.24) is 0 Å². The van der Waals surface area contributed by atoms with E-state index in [0.717, 1.165) is 12.1 Å². The van der Waals surface area contributed by atoms with Crippen molar-refractivity contribution in [1.29, 1.82) is 5.41 Å². The van der Waals surface area contributed by atoms with Gasteiger partial charge in [-0.2, -0.15) is 0 Å². The van der Waals surface area contributed by atoms with E-state index in [1.807, 2.05) is 0 Å². The number of hydrogen-bond acceptors (Lipinski definition) is 3. The third-order valence-electron chi connectivity index (χ3n) is 2.48. The van der Waals surface area contributed by atoms with Gasteiger partial charge in [0.15, 0.2) is 17.4 Å². The molecule has 4 nitrogen and oxygen atoms in total. The summed E-state index contributed by atoms with van der Waals surface area (Å²) in [5.41, 5.74) is 5.15. The lowest BCUT2D eigenvalue weighted by Gasteiger charge is -2.13. The minimum absolute atomic E-state index is 0.00461. The molecule has 1 fully saturated rings. The van der Waals surface area contributed by atoms with Crippen molar-refractivity contribution in [2.75, 3.05) is 13.2 Å². The lowest BCUT2D eigenvalue weighted by atomic mass is 10.2. The maximum atomic E-state index is 13.6. The normalized spacial score (nSPS) is 19.3. The molecule has 92 valence electrons. The van der Waals surface area contributed by atoms with Crippen LogP contribution in [0.5, 0.6) is 5.75 Å². The van der Waals surface area contributed by atoms with Gasteiger partial charge in [-0.1, -0.05) is 0 Å². The van der Waals surface area contributed by atoms with Crippen LogP contribution in [0.4, 0.5) is 8.78 Å². The quantitative estimate of drug-likeness (QED) is 0.622. The summed E-state index contributed by atoms with van der Waals surface area (Å²) in [5.74, 6) is -2.55. The largest absolute Gasteiger partial charge is 0.482 e. The molecule has 3 N–H and O–H groups in total. The number of nitrogens with one attached hydrogen (secondary N) is 1. The van der Waals surface area contributed by atoms with Crippen LogP contribution < -0.4 is 10.5 Å². The number of halogens is 2. The Morgan fingerprint density at radius 2 is 2.06 bits per heavy atom. The number of ether oxygens (including phenoxy) is 2. The van der Waals surface area contributed by atoms with E-state index in [9.17, 15) is 8.78 Å². The topological polar surface area (TPSA) is 68.3 Å². The van der Waals surface area contributed by atoms with E-state index in [0.29, 0.717) is 19.6 Å². The standard InChI is InChI=1S/C11H12F2N2O2/c12-8-3-6(11(14)15)4-9(13)10(8)17-7-1-2-16-5-7/h3-4,7H,1-2,5H2,(H3,14,15). The highest BCUT2D eigenvalue weighted by Gasteiger charge is 2.22. The van der Waals surface area contributed by atoms with Gasteiger partial charge in [-0.3, -0.25) is 5.41 Å². The van der Waals surface area contributed by atoms with Crippen LogP contribution in [-0.4, -0.2) is 25.2 Å². The van der Waals surface area contributed by atoms with E-state index >= 15 is 0 Å². The summed E-state index contributed by atoms with van der Waals surface area (Å²) in [6, 6.07) is 1.97. The first-order valence-corrected chi connectivity index (χ1v) is 5.16. The van der Waals surface area contributed by atoms with E-state index in [1.54, 1.807) is 0 Å². The fraction of sp³-hybridized carbons (Fsp3) is 0.364. The van der Waals surface area contributed by atoms with E-state index in [-0.39, 0.29) is 11.7 Å². The molecular formula is C11H12F2N2O2. The molecule has 1 unspecified atom stereocenters. The zero-order valence-electron chi connectivity index (χ0n) is 9.00. The van der Waals surface area contributed by atoms with Crippen LogP contribution in [0.3, 0.4) is 0 Å². The zero-order chi connectivity index (χ0) is 12.4. The van der Waals surface area contributed by atoms with Gasteiger partial charge in [-0.25, -0.2) is 8.78 Å². The molecule has 0 aliphatic carbocycles. The molecule has 0 amide bonds. The molecule has 1 aliphatic heterocycles. The molecule has 1 aliphatic rings. The maximum absolute atomic E-state index is 13.6. The van der Waals surface area contributed by atoms with Crippen LogP contribution >= 0.6 is 0 Å². The van der Waals surface area contributed by atoms with Crippen molar-refractivity contribution in [2.24, 2.45) is 5.73 Å². The number of rotatable bonds is 3. The Labute approximate surface area is 96.8 Å². The Balaban J connectivity index is 2.24. The summed E-state index contributed by atoms with van der Waals surface area (Å²) in [6.07, 6.45) is 0.273. The molecule has 6 heteroatoms. The van der Waals surface area contributed by atoms with Crippen LogP contribution in [0.25, 0.3) is 0 Å². The first kappa shape index (κ1) is 11.8. The maximum Gasteiger partial charge on any atom is 0.191 e. The summed E-state index contributed by atoms with van der Waals surface area (Å²) < 4.78 is 37.4. The highest BCUT2D eigenvalue weighted by molar-refractivity contribution is 5.95. The molecule has 0 spiro atoms. The molecule has 1 heterocycles.